The molecule has 2 N–H and O–H groups in total. The van der Waals surface area contributed by atoms with E-state index in [1.165, 1.54) is 24.1 Å². The smallest absolute Gasteiger partial charge is 0.0573 e. The molecule has 0 aromatic heterocycles. The van der Waals surface area contributed by atoms with E-state index >= 15 is 0 Å². The molecule has 0 amide bonds. The number of rotatable bonds is 3. The van der Waals surface area contributed by atoms with E-state index in [2.05, 4.69) is 29.2 Å². The Morgan fingerprint density at radius 2 is 2.05 bits per heavy atom. The van der Waals surface area contributed by atoms with Gasteiger partial charge in [0.1, 0.15) is 0 Å². The first kappa shape index (κ1) is 13.9. The van der Waals surface area contributed by atoms with Crippen LogP contribution >= 0.6 is 0 Å². The van der Waals surface area contributed by atoms with Crippen molar-refractivity contribution >= 4 is 5.69 Å². The molecule has 0 unspecified atom stereocenters. The van der Waals surface area contributed by atoms with Gasteiger partial charge < -0.3 is 15.4 Å². The first-order valence-corrected chi connectivity index (χ1v) is 7.87. The summed E-state index contributed by atoms with van der Waals surface area (Å²) in [6.07, 6.45) is 7.43. The van der Waals surface area contributed by atoms with E-state index in [1.807, 2.05) is 7.11 Å². The van der Waals surface area contributed by atoms with Crippen molar-refractivity contribution in [2.45, 2.75) is 50.2 Å². The van der Waals surface area contributed by atoms with Crippen molar-refractivity contribution in [2.24, 2.45) is 5.73 Å². The molecule has 1 aliphatic carbocycles. The number of anilines is 1. The average Bonchev–Trinajstić information content (AvgIpc) is 2.54. The molecule has 1 heterocycles. The van der Waals surface area contributed by atoms with Crippen LogP contribution < -0.4 is 10.6 Å². The molecule has 3 rings (SSSR count). The maximum atomic E-state index is 6.23. The molecule has 0 spiro atoms. The molecular formula is C17H26N2O. The summed E-state index contributed by atoms with van der Waals surface area (Å²) in [5, 5.41) is 0. The van der Waals surface area contributed by atoms with E-state index in [9.17, 15) is 0 Å². The molecule has 3 nitrogen and oxygen atoms in total. The SMILES string of the molecule is COC1CCC(CN)(N2CCCc3ccccc32)CC1. The molecule has 1 aromatic rings. The van der Waals surface area contributed by atoms with E-state index in [0.717, 1.165) is 38.8 Å². The van der Waals surface area contributed by atoms with Crippen LogP contribution in [-0.4, -0.2) is 31.8 Å². The predicted octanol–water partition coefficient (Wildman–Crippen LogP) is 2.73. The fourth-order valence-corrected chi connectivity index (χ4v) is 3.97. The van der Waals surface area contributed by atoms with Crippen LogP contribution in [0, 0.1) is 0 Å². The summed E-state index contributed by atoms with van der Waals surface area (Å²) in [6.45, 7) is 1.89. The van der Waals surface area contributed by atoms with Gasteiger partial charge in [-0.3, -0.25) is 0 Å². The number of hydrogen-bond donors (Lipinski definition) is 1. The lowest BCUT2D eigenvalue weighted by Crippen LogP contribution is -2.58. The number of ether oxygens (including phenoxy) is 1. The van der Waals surface area contributed by atoms with Gasteiger partial charge in [0.05, 0.1) is 11.6 Å². The minimum atomic E-state index is 0.144. The fourth-order valence-electron chi connectivity index (χ4n) is 3.97. The zero-order valence-corrected chi connectivity index (χ0v) is 12.5. The fraction of sp³-hybridized carbons (Fsp3) is 0.647. The van der Waals surface area contributed by atoms with Gasteiger partial charge in [0, 0.05) is 25.9 Å². The van der Waals surface area contributed by atoms with Crippen LogP contribution in [0.1, 0.15) is 37.7 Å². The van der Waals surface area contributed by atoms with Crippen molar-refractivity contribution in [3.8, 4) is 0 Å². The maximum Gasteiger partial charge on any atom is 0.0573 e. The third-order valence-electron chi connectivity index (χ3n) is 5.26. The van der Waals surface area contributed by atoms with E-state index in [0.29, 0.717) is 6.10 Å². The number of methoxy groups -OCH3 is 1. The molecule has 2 aliphatic rings. The predicted molar refractivity (Wildman–Crippen MR) is 83.2 cm³/mol. The zero-order valence-electron chi connectivity index (χ0n) is 12.5. The Morgan fingerprint density at radius 3 is 2.75 bits per heavy atom. The second-order valence-corrected chi connectivity index (χ2v) is 6.25. The minimum absolute atomic E-state index is 0.144. The van der Waals surface area contributed by atoms with Crippen LogP contribution in [0.15, 0.2) is 24.3 Å². The lowest BCUT2D eigenvalue weighted by Gasteiger charge is -2.50. The van der Waals surface area contributed by atoms with Gasteiger partial charge in [-0.2, -0.15) is 0 Å². The van der Waals surface area contributed by atoms with E-state index in [1.54, 1.807) is 0 Å². The Bertz CT molecular complexity index is 452. The molecule has 3 heteroatoms. The lowest BCUT2D eigenvalue weighted by atomic mass is 9.77. The van der Waals surface area contributed by atoms with Crippen molar-refractivity contribution in [3.05, 3.63) is 29.8 Å². The Morgan fingerprint density at radius 1 is 1.30 bits per heavy atom. The van der Waals surface area contributed by atoms with E-state index < -0.39 is 0 Å². The molecule has 1 aromatic carbocycles. The molecule has 1 fully saturated rings. The molecule has 0 atom stereocenters. The molecular weight excluding hydrogens is 248 g/mol. The number of aryl methyl sites for hydroxylation is 1. The minimum Gasteiger partial charge on any atom is -0.381 e. The largest absolute Gasteiger partial charge is 0.381 e. The maximum absolute atomic E-state index is 6.23. The molecule has 20 heavy (non-hydrogen) atoms. The number of hydrogen-bond acceptors (Lipinski definition) is 3. The molecule has 1 saturated carbocycles. The van der Waals surface area contributed by atoms with Crippen molar-refractivity contribution < 1.29 is 4.74 Å². The van der Waals surface area contributed by atoms with Crippen LogP contribution in [0.2, 0.25) is 0 Å². The van der Waals surface area contributed by atoms with Crippen molar-refractivity contribution in [1.82, 2.24) is 0 Å². The number of fused-ring (bicyclic) bond motifs is 1. The normalized spacial score (nSPS) is 30.1. The first-order valence-electron chi connectivity index (χ1n) is 7.87. The number of nitrogens with zero attached hydrogens (tertiary/aromatic N) is 1. The quantitative estimate of drug-likeness (QED) is 0.921. The van der Waals surface area contributed by atoms with Gasteiger partial charge in [-0.05, 0) is 50.2 Å². The van der Waals surface area contributed by atoms with Gasteiger partial charge in [0.25, 0.3) is 0 Å². The monoisotopic (exact) mass is 274 g/mol. The van der Waals surface area contributed by atoms with Gasteiger partial charge in [-0.1, -0.05) is 18.2 Å². The summed E-state index contributed by atoms with van der Waals surface area (Å²) < 4.78 is 5.53. The summed E-state index contributed by atoms with van der Waals surface area (Å²) in [7, 11) is 1.83. The third-order valence-corrected chi connectivity index (χ3v) is 5.26. The van der Waals surface area contributed by atoms with Crippen LogP contribution in [0.25, 0.3) is 0 Å². The summed E-state index contributed by atoms with van der Waals surface area (Å²) in [5.41, 5.74) is 9.28. The average molecular weight is 274 g/mol. The highest BCUT2D eigenvalue weighted by Crippen LogP contribution is 2.40. The second kappa shape index (κ2) is 5.74. The van der Waals surface area contributed by atoms with E-state index in [-0.39, 0.29) is 5.54 Å². The van der Waals surface area contributed by atoms with Crippen LogP contribution in [0.3, 0.4) is 0 Å². The van der Waals surface area contributed by atoms with Gasteiger partial charge in [0.2, 0.25) is 0 Å². The van der Waals surface area contributed by atoms with Gasteiger partial charge in [-0.25, -0.2) is 0 Å². The van der Waals surface area contributed by atoms with Crippen molar-refractivity contribution in [3.63, 3.8) is 0 Å². The van der Waals surface area contributed by atoms with E-state index in [4.69, 9.17) is 10.5 Å². The first-order chi connectivity index (χ1) is 9.79. The molecule has 1 aliphatic heterocycles. The summed E-state index contributed by atoms with van der Waals surface area (Å²) >= 11 is 0. The highest BCUT2D eigenvalue weighted by atomic mass is 16.5. The topological polar surface area (TPSA) is 38.5 Å². The molecule has 0 radical (unpaired) electrons. The summed E-state index contributed by atoms with van der Waals surface area (Å²) in [5.74, 6) is 0. The third kappa shape index (κ3) is 2.33. The highest BCUT2D eigenvalue weighted by molar-refractivity contribution is 5.57. The van der Waals surface area contributed by atoms with Crippen LogP contribution in [0.4, 0.5) is 5.69 Å². The molecule has 0 bridgehead atoms. The van der Waals surface area contributed by atoms with Gasteiger partial charge in [-0.15, -0.1) is 0 Å². The standard InChI is InChI=1S/C17H26N2O/c1-20-15-8-10-17(13-18,11-9-15)19-12-4-6-14-5-2-3-7-16(14)19/h2-3,5,7,15H,4,6,8-13,18H2,1H3. The van der Waals surface area contributed by atoms with Crippen molar-refractivity contribution in [1.29, 1.82) is 0 Å². The number of nitrogens with two attached hydrogens (primary N) is 1. The second-order valence-electron chi connectivity index (χ2n) is 6.25. The Kier molecular flexibility index (Phi) is 3.99. The Balaban J connectivity index is 1.87. The van der Waals surface area contributed by atoms with Crippen molar-refractivity contribution in [2.75, 3.05) is 25.1 Å². The number of para-hydroxylation sites is 1. The van der Waals surface area contributed by atoms with Gasteiger partial charge in [0.15, 0.2) is 0 Å². The highest BCUT2D eigenvalue weighted by Gasteiger charge is 2.40. The van der Waals surface area contributed by atoms with Gasteiger partial charge >= 0.3 is 0 Å². The van der Waals surface area contributed by atoms with Crippen LogP contribution in [0.5, 0.6) is 0 Å². The summed E-state index contributed by atoms with van der Waals surface area (Å²) in [4.78, 5) is 2.61. The van der Waals surface area contributed by atoms with Crippen LogP contribution in [-0.2, 0) is 11.2 Å². The Labute approximate surface area is 122 Å². The lowest BCUT2D eigenvalue weighted by molar-refractivity contribution is 0.0492. The molecule has 0 saturated heterocycles. The summed E-state index contributed by atoms with van der Waals surface area (Å²) in [6, 6.07) is 8.85. The number of benzene rings is 1. The Hall–Kier alpha value is -1.06. The molecule has 110 valence electrons. The zero-order chi connectivity index (χ0) is 14.0.